The fourth-order valence-electron chi connectivity index (χ4n) is 1.76. The molecule has 2 aromatic rings. The molecular formula is C16H12Cl2N2O2. The molecule has 2 rings (SSSR count). The van der Waals surface area contributed by atoms with Crippen LogP contribution in [0.25, 0.3) is 17.4 Å². The van der Waals surface area contributed by atoms with Crippen molar-refractivity contribution in [3.63, 3.8) is 0 Å². The molecule has 0 atom stereocenters. The number of halogens is 2. The van der Waals surface area contributed by atoms with Gasteiger partial charge in [-0.1, -0.05) is 23.2 Å². The minimum Gasteiger partial charge on any atom is -0.457 e. The van der Waals surface area contributed by atoms with E-state index in [2.05, 4.69) is 0 Å². The maximum atomic E-state index is 11.8. The molecule has 0 radical (unpaired) electrons. The minimum absolute atomic E-state index is 0.0000357. The van der Waals surface area contributed by atoms with Gasteiger partial charge in [-0.2, -0.15) is 5.26 Å². The summed E-state index contributed by atoms with van der Waals surface area (Å²) < 4.78 is 5.63. The highest BCUT2D eigenvalue weighted by Crippen LogP contribution is 2.30. The number of carbonyl (C=O) groups excluding carboxylic acids is 1. The summed E-state index contributed by atoms with van der Waals surface area (Å²) in [5.74, 6) is 0.599. The fourth-order valence-corrected chi connectivity index (χ4v) is 2.06. The quantitative estimate of drug-likeness (QED) is 0.622. The van der Waals surface area contributed by atoms with Crippen molar-refractivity contribution in [2.75, 3.05) is 14.1 Å². The molecule has 1 amide bonds. The molecule has 0 fully saturated rings. The smallest absolute Gasteiger partial charge is 0.264 e. The zero-order chi connectivity index (χ0) is 16.3. The topological polar surface area (TPSA) is 57.2 Å². The van der Waals surface area contributed by atoms with Crippen molar-refractivity contribution in [1.29, 1.82) is 5.26 Å². The van der Waals surface area contributed by atoms with Crippen LogP contribution in [0, 0.1) is 11.3 Å². The number of nitriles is 1. The van der Waals surface area contributed by atoms with E-state index in [9.17, 15) is 4.79 Å². The zero-order valence-electron chi connectivity index (χ0n) is 11.9. The van der Waals surface area contributed by atoms with Crippen LogP contribution in [0.1, 0.15) is 5.76 Å². The van der Waals surface area contributed by atoms with E-state index in [-0.39, 0.29) is 11.5 Å². The number of rotatable bonds is 3. The Morgan fingerprint density at radius 1 is 1.23 bits per heavy atom. The number of hydrogen-bond acceptors (Lipinski definition) is 3. The van der Waals surface area contributed by atoms with E-state index >= 15 is 0 Å². The first kappa shape index (κ1) is 16.2. The Bertz CT molecular complexity index is 786. The summed E-state index contributed by atoms with van der Waals surface area (Å²) in [6.07, 6.45) is 1.41. The molecule has 0 aliphatic carbocycles. The molecule has 1 aromatic carbocycles. The average molecular weight is 335 g/mol. The number of hydrogen-bond donors (Lipinski definition) is 0. The van der Waals surface area contributed by atoms with Gasteiger partial charge < -0.3 is 9.32 Å². The first-order chi connectivity index (χ1) is 10.4. The molecule has 0 aliphatic heterocycles. The van der Waals surface area contributed by atoms with Gasteiger partial charge in [0, 0.05) is 25.7 Å². The van der Waals surface area contributed by atoms with Gasteiger partial charge >= 0.3 is 0 Å². The van der Waals surface area contributed by atoms with Crippen LogP contribution in [0.3, 0.4) is 0 Å². The van der Waals surface area contributed by atoms with Gasteiger partial charge in [0.05, 0.1) is 10.0 Å². The van der Waals surface area contributed by atoms with E-state index < -0.39 is 0 Å². The summed E-state index contributed by atoms with van der Waals surface area (Å²) in [5, 5.41) is 9.94. The molecule has 4 nitrogen and oxygen atoms in total. The van der Waals surface area contributed by atoms with Crippen molar-refractivity contribution in [3.05, 3.63) is 51.7 Å². The lowest BCUT2D eigenvalue weighted by Crippen LogP contribution is -2.22. The second kappa shape index (κ2) is 6.69. The Kier molecular flexibility index (Phi) is 4.92. The van der Waals surface area contributed by atoms with Crippen LogP contribution in [0.2, 0.25) is 10.0 Å². The number of nitrogens with zero attached hydrogens (tertiary/aromatic N) is 2. The second-order valence-corrected chi connectivity index (χ2v) is 5.51. The minimum atomic E-state index is -0.380. The molecule has 112 valence electrons. The van der Waals surface area contributed by atoms with E-state index in [1.54, 1.807) is 44.4 Å². The molecule has 0 bridgehead atoms. The Balaban J connectivity index is 2.33. The summed E-state index contributed by atoms with van der Waals surface area (Å²) in [4.78, 5) is 13.1. The maximum absolute atomic E-state index is 11.8. The summed E-state index contributed by atoms with van der Waals surface area (Å²) in [6.45, 7) is 0. The number of benzene rings is 1. The first-order valence-corrected chi connectivity index (χ1v) is 7.06. The molecule has 0 saturated carbocycles. The van der Waals surface area contributed by atoms with Gasteiger partial charge in [-0.3, -0.25) is 4.79 Å². The Labute approximate surface area is 138 Å². The number of carbonyl (C=O) groups is 1. The molecule has 1 heterocycles. The zero-order valence-corrected chi connectivity index (χ0v) is 13.4. The number of amides is 1. The van der Waals surface area contributed by atoms with Crippen molar-refractivity contribution in [3.8, 4) is 17.4 Å². The molecule has 0 spiro atoms. The van der Waals surface area contributed by atoms with Crippen molar-refractivity contribution >= 4 is 35.2 Å². The molecule has 1 aromatic heterocycles. The van der Waals surface area contributed by atoms with Crippen molar-refractivity contribution in [1.82, 2.24) is 4.90 Å². The van der Waals surface area contributed by atoms with Crippen LogP contribution in [-0.4, -0.2) is 24.9 Å². The normalized spacial score (nSPS) is 11.1. The Morgan fingerprint density at radius 3 is 2.55 bits per heavy atom. The van der Waals surface area contributed by atoms with E-state index in [0.29, 0.717) is 21.6 Å². The lowest BCUT2D eigenvalue weighted by atomic mass is 10.2. The summed E-state index contributed by atoms with van der Waals surface area (Å²) >= 11 is 11.9. The van der Waals surface area contributed by atoms with Gasteiger partial charge in [-0.05, 0) is 30.3 Å². The average Bonchev–Trinajstić information content (AvgIpc) is 2.95. The van der Waals surface area contributed by atoms with Crippen LogP contribution in [0.5, 0.6) is 0 Å². The predicted molar refractivity (Wildman–Crippen MR) is 86.4 cm³/mol. The first-order valence-electron chi connectivity index (χ1n) is 6.31. The third-order valence-electron chi connectivity index (χ3n) is 2.87. The van der Waals surface area contributed by atoms with Crippen molar-refractivity contribution < 1.29 is 9.21 Å². The molecule has 0 N–H and O–H groups in total. The Morgan fingerprint density at radius 2 is 1.95 bits per heavy atom. The molecule has 0 unspecified atom stereocenters. The van der Waals surface area contributed by atoms with E-state index in [1.165, 1.54) is 11.0 Å². The van der Waals surface area contributed by atoms with Crippen LogP contribution >= 0.6 is 23.2 Å². The standard InChI is InChI=1S/C16H12Cl2N2O2/c1-20(2)16(21)11(9-19)7-12-4-6-15(22-12)10-3-5-13(17)14(18)8-10/h3-8H,1-2H3/b11-7+. The van der Waals surface area contributed by atoms with Crippen molar-refractivity contribution in [2.45, 2.75) is 0 Å². The van der Waals surface area contributed by atoms with Gasteiger partial charge in [0.1, 0.15) is 23.2 Å². The molecular weight excluding hydrogens is 323 g/mol. The van der Waals surface area contributed by atoms with Crippen LogP contribution in [0.15, 0.2) is 40.3 Å². The fraction of sp³-hybridized carbons (Fsp3) is 0.125. The predicted octanol–water partition coefficient (Wildman–Crippen LogP) is 4.25. The third kappa shape index (κ3) is 3.51. The second-order valence-electron chi connectivity index (χ2n) is 4.70. The largest absolute Gasteiger partial charge is 0.457 e. The van der Waals surface area contributed by atoms with Gasteiger partial charge in [0.25, 0.3) is 5.91 Å². The van der Waals surface area contributed by atoms with Gasteiger partial charge in [0.15, 0.2) is 0 Å². The maximum Gasteiger partial charge on any atom is 0.264 e. The van der Waals surface area contributed by atoms with E-state index in [4.69, 9.17) is 32.9 Å². The third-order valence-corrected chi connectivity index (χ3v) is 3.61. The number of likely N-dealkylation sites (N-methyl/N-ethyl adjacent to an activating group) is 1. The SMILES string of the molecule is CN(C)C(=O)/C(C#N)=C/c1ccc(-c2ccc(Cl)c(Cl)c2)o1. The van der Waals surface area contributed by atoms with Crippen LogP contribution < -0.4 is 0 Å². The molecule has 22 heavy (non-hydrogen) atoms. The molecule has 6 heteroatoms. The van der Waals surface area contributed by atoms with Crippen LogP contribution in [0.4, 0.5) is 0 Å². The molecule has 0 aliphatic rings. The molecule has 0 saturated heterocycles. The number of furan rings is 1. The summed E-state index contributed by atoms with van der Waals surface area (Å²) in [6, 6.07) is 10.4. The van der Waals surface area contributed by atoms with E-state index in [1.807, 2.05) is 6.07 Å². The highest BCUT2D eigenvalue weighted by molar-refractivity contribution is 6.42. The lowest BCUT2D eigenvalue weighted by Gasteiger charge is -2.07. The van der Waals surface area contributed by atoms with Gasteiger partial charge in [-0.15, -0.1) is 0 Å². The summed E-state index contributed by atoms with van der Waals surface area (Å²) in [7, 11) is 3.16. The van der Waals surface area contributed by atoms with Gasteiger partial charge in [0.2, 0.25) is 0 Å². The highest BCUT2D eigenvalue weighted by atomic mass is 35.5. The van der Waals surface area contributed by atoms with Gasteiger partial charge in [-0.25, -0.2) is 0 Å². The van der Waals surface area contributed by atoms with Crippen molar-refractivity contribution in [2.24, 2.45) is 0 Å². The van der Waals surface area contributed by atoms with E-state index in [0.717, 1.165) is 5.56 Å². The lowest BCUT2D eigenvalue weighted by molar-refractivity contribution is -0.124. The summed E-state index contributed by atoms with van der Waals surface area (Å²) in [5.41, 5.74) is 0.756. The Hall–Kier alpha value is -2.22. The monoisotopic (exact) mass is 334 g/mol. The van der Waals surface area contributed by atoms with Crippen LogP contribution in [-0.2, 0) is 4.79 Å². The highest BCUT2D eigenvalue weighted by Gasteiger charge is 2.13.